The number of rotatable bonds is 2. The average molecular weight is 329 g/mol. The molecule has 1 aromatic rings. The van der Waals surface area contributed by atoms with E-state index in [1.165, 1.54) is 12.0 Å². The first kappa shape index (κ1) is 15.3. The van der Waals surface area contributed by atoms with E-state index in [0.29, 0.717) is 24.1 Å². The normalized spacial score (nSPS) is 37.0. The Morgan fingerprint density at radius 2 is 1.58 bits per heavy atom. The fourth-order valence-corrected chi connectivity index (χ4v) is 4.19. The lowest BCUT2D eigenvalue weighted by Gasteiger charge is -2.26. The summed E-state index contributed by atoms with van der Waals surface area (Å²) >= 11 is 0. The van der Waals surface area contributed by atoms with Gasteiger partial charge in [0.25, 0.3) is 0 Å². The number of esters is 1. The van der Waals surface area contributed by atoms with Crippen LogP contribution in [0, 0.1) is 11.8 Å². The molecule has 3 aliphatic rings. The summed E-state index contributed by atoms with van der Waals surface area (Å²) in [6.45, 7) is 4.02. The lowest BCUT2D eigenvalue weighted by molar-refractivity contribution is -0.122. The summed E-state index contributed by atoms with van der Waals surface area (Å²) in [5.41, 5.74) is 0.286. The Morgan fingerprint density at radius 3 is 2.04 bits per heavy atom. The zero-order valence-electron chi connectivity index (χ0n) is 13.9. The highest BCUT2D eigenvalue weighted by Gasteiger charge is 2.71. The number of carbonyl (C=O) groups excluding carboxylic acids is 3. The highest BCUT2D eigenvalue weighted by Crippen LogP contribution is 2.61. The van der Waals surface area contributed by atoms with Crippen LogP contribution in [0.25, 0.3) is 0 Å². The first-order valence-corrected chi connectivity index (χ1v) is 8.06. The molecule has 2 aliphatic heterocycles. The Morgan fingerprint density at radius 1 is 1.08 bits per heavy atom. The number of ether oxygens (including phenoxy) is 2. The summed E-state index contributed by atoms with van der Waals surface area (Å²) in [6, 6.07) is 6.35. The molecule has 4 rings (SSSR count). The van der Waals surface area contributed by atoms with Crippen molar-refractivity contribution in [2.24, 2.45) is 11.8 Å². The maximum atomic E-state index is 12.8. The molecule has 1 saturated carbocycles. The number of fused-ring (bicyclic) bond motifs is 2. The molecule has 3 fully saturated rings. The molecule has 2 amide bonds. The topological polar surface area (TPSA) is 76.2 Å². The lowest BCUT2D eigenvalue weighted by Crippen LogP contribution is -2.37. The monoisotopic (exact) mass is 329 g/mol. The van der Waals surface area contributed by atoms with Crippen LogP contribution in [0.4, 0.5) is 5.69 Å². The molecular weight excluding hydrogens is 310 g/mol. The fraction of sp³-hybridized carbons (Fsp3) is 0.500. The van der Waals surface area contributed by atoms with Crippen LogP contribution in [0.3, 0.4) is 0 Å². The largest absolute Gasteiger partial charge is 0.465 e. The van der Waals surface area contributed by atoms with Crippen molar-refractivity contribution in [3.05, 3.63) is 29.8 Å². The number of benzene rings is 1. The van der Waals surface area contributed by atoms with Gasteiger partial charge >= 0.3 is 5.97 Å². The van der Waals surface area contributed by atoms with Gasteiger partial charge in [0.05, 0.1) is 41.4 Å². The number of carbonyl (C=O) groups is 3. The molecule has 0 N–H and O–H groups in total. The molecule has 2 heterocycles. The first-order chi connectivity index (χ1) is 11.3. The minimum absolute atomic E-state index is 0.172. The van der Waals surface area contributed by atoms with Crippen molar-refractivity contribution in [1.82, 2.24) is 0 Å². The molecule has 0 unspecified atom stereocenters. The summed E-state index contributed by atoms with van der Waals surface area (Å²) in [5.74, 6) is -1.44. The van der Waals surface area contributed by atoms with Gasteiger partial charge in [0.1, 0.15) is 0 Å². The third kappa shape index (κ3) is 1.89. The molecule has 0 spiro atoms. The third-order valence-corrected chi connectivity index (χ3v) is 5.85. The standard InChI is InChI=1S/C18H19NO5/c1-17-8-12-13(9-18(17,2)24-17)15(21)19(14(12)20)11-6-4-10(5-7-11)16(22)23-3/h4-7,12-13H,8-9H2,1-3H3/t12-,13+,17-,18+. The quantitative estimate of drug-likeness (QED) is 0.471. The molecular formula is C18H19NO5. The van der Waals surface area contributed by atoms with Crippen molar-refractivity contribution < 1.29 is 23.9 Å². The lowest BCUT2D eigenvalue weighted by atomic mass is 9.70. The number of imide groups is 1. The third-order valence-electron chi connectivity index (χ3n) is 5.85. The van der Waals surface area contributed by atoms with E-state index >= 15 is 0 Å². The van der Waals surface area contributed by atoms with E-state index in [1.807, 2.05) is 13.8 Å². The maximum absolute atomic E-state index is 12.8. The van der Waals surface area contributed by atoms with Crippen LogP contribution in [-0.2, 0) is 19.1 Å². The Kier molecular flexibility index (Phi) is 2.98. The van der Waals surface area contributed by atoms with Crippen molar-refractivity contribution in [2.45, 2.75) is 37.9 Å². The number of methoxy groups -OCH3 is 1. The van der Waals surface area contributed by atoms with Crippen LogP contribution >= 0.6 is 0 Å². The smallest absolute Gasteiger partial charge is 0.337 e. The van der Waals surface area contributed by atoms with Gasteiger partial charge in [-0.1, -0.05) is 0 Å². The summed E-state index contributed by atoms with van der Waals surface area (Å²) in [7, 11) is 1.31. The van der Waals surface area contributed by atoms with Crippen molar-refractivity contribution in [2.75, 3.05) is 12.0 Å². The molecule has 24 heavy (non-hydrogen) atoms. The highest BCUT2D eigenvalue weighted by atomic mass is 16.6. The van der Waals surface area contributed by atoms with Crippen molar-refractivity contribution in [1.29, 1.82) is 0 Å². The molecule has 0 aromatic heterocycles. The Labute approximate surface area is 139 Å². The maximum Gasteiger partial charge on any atom is 0.337 e. The van der Waals surface area contributed by atoms with Gasteiger partial charge in [-0.2, -0.15) is 0 Å². The molecule has 4 atom stereocenters. The number of hydrogen-bond acceptors (Lipinski definition) is 5. The van der Waals surface area contributed by atoms with Crippen molar-refractivity contribution in [3.8, 4) is 0 Å². The zero-order valence-corrected chi connectivity index (χ0v) is 13.9. The van der Waals surface area contributed by atoms with Gasteiger partial charge in [-0.25, -0.2) is 4.79 Å². The van der Waals surface area contributed by atoms with Gasteiger partial charge in [0, 0.05) is 0 Å². The Bertz CT molecular complexity index is 723. The predicted molar refractivity (Wildman–Crippen MR) is 84.4 cm³/mol. The van der Waals surface area contributed by atoms with Crippen LogP contribution in [0.1, 0.15) is 37.0 Å². The van der Waals surface area contributed by atoms with Crippen molar-refractivity contribution >= 4 is 23.5 Å². The number of hydrogen-bond donors (Lipinski definition) is 0. The highest BCUT2D eigenvalue weighted by molar-refractivity contribution is 6.22. The summed E-state index contributed by atoms with van der Waals surface area (Å²) in [6.07, 6.45) is 1.16. The molecule has 1 aromatic carbocycles. The van der Waals surface area contributed by atoms with Crippen LogP contribution in [0.2, 0.25) is 0 Å². The van der Waals surface area contributed by atoms with Gasteiger partial charge in [0.15, 0.2) is 0 Å². The SMILES string of the molecule is COC(=O)c1ccc(N2C(=O)[C@H]3C[C@]4(C)O[C@]4(C)C[C@H]3C2=O)cc1. The van der Waals surface area contributed by atoms with Crippen LogP contribution in [0.5, 0.6) is 0 Å². The Hall–Kier alpha value is -2.21. The zero-order chi connectivity index (χ0) is 17.3. The van der Waals surface area contributed by atoms with E-state index in [2.05, 4.69) is 4.74 Å². The average Bonchev–Trinajstić information content (AvgIpc) is 3.06. The van der Waals surface area contributed by atoms with Gasteiger partial charge in [-0.15, -0.1) is 0 Å². The number of amides is 2. The van der Waals surface area contributed by atoms with E-state index < -0.39 is 5.97 Å². The summed E-state index contributed by atoms with van der Waals surface area (Å²) in [5, 5.41) is 0. The van der Waals surface area contributed by atoms with E-state index in [9.17, 15) is 14.4 Å². The molecule has 0 radical (unpaired) electrons. The van der Waals surface area contributed by atoms with Gasteiger partial charge < -0.3 is 9.47 Å². The number of anilines is 1. The van der Waals surface area contributed by atoms with E-state index in [4.69, 9.17) is 4.74 Å². The van der Waals surface area contributed by atoms with E-state index in [1.54, 1.807) is 24.3 Å². The summed E-state index contributed by atoms with van der Waals surface area (Å²) < 4.78 is 10.5. The van der Waals surface area contributed by atoms with E-state index in [-0.39, 0.29) is 34.9 Å². The second-order valence-corrected chi connectivity index (χ2v) is 7.24. The molecule has 6 heteroatoms. The Balaban J connectivity index is 1.62. The predicted octanol–water partition coefficient (Wildman–Crippen LogP) is 1.92. The molecule has 126 valence electrons. The molecule has 0 bridgehead atoms. The van der Waals surface area contributed by atoms with Crippen LogP contribution in [0.15, 0.2) is 24.3 Å². The fourth-order valence-electron chi connectivity index (χ4n) is 4.19. The first-order valence-electron chi connectivity index (χ1n) is 8.06. The molecule has 2 saturated heterocycles. The summed E-state index contributed by atoms with van der Waals surface area (Å²) in [4.78, 5) is 38.4. The van der Waals surface area contributed by atoms with Crippen molar-refractivity contribution in [3.63, 3.8) is 0 Å². The van der Waals surface area contributed by atoms with E-state index in [0.717, 1.165) is 0 Å². The van der Waals surface area contributed by atoms with Gasteiger partial charge in [-0.05, 0) is 51.0 Å². The minimum atomic E-state index is -0.451. The second-order valence-electron chi connectivity index (χ2n) is 7.24. The second kappa shape index (κ2) is 4.66. The molecule has 1 aliphatic carbocycles. The number of nitrogens with zero attached hydrogens (tertiary/aromatic N) is 1. The van der Waals surface area contributed by atoms with Crippen LogP contribution in [-0.4, -0.2) is 36.1 Å². The molecule has 6 nitrogen and oxygen atoms in total. The van der Waals surface area contributed by atoms with Gasteiger partial charge in [0.2, 0.25) is 11.8 Å². The van der Waals surface area contributed by atoms with Gasteiger partial charge in [-0.3, -0.25) is 14.5 Å². The van der Waals surface area contributed by atoms with Crippen LogP contribution < -0.4 is 4.90 Å². The number of epoxide rings is 1. The minimum Gasteiger partial charge on any atom is -0.465 e.